The van der Waals surface area contributed by atoms with Crippen LogP contribution in [0, 0.1) is 17.2 Å². The quantitative estimate of drug-likeness (QED) is 0.831. The van der Waals surface area contributed by atoms with Gasteiger partial charge in [0.15, 0.2) is 0 Å². The van der Waals surface area contributed by atoms with Gasteiger partial charge < -0.3 is 10.1 Å². The van der Waals surface area contributed by atoms with E-state index >= 15 is 0 Å². The molecule has 0 unspecified atom stereocenters. The molecule has 0 aliphatic heterocycles. The van der Waals surface area contributed by atoms with E-state index in [4.69, 9.17) is 5.26 Å². The number of hydrogen-bond donors (Lipinski definition) is 1. The lowest BCUT2D eigenvalue weighted by molar-refractivity contribution is -0.143. The summed E-state index contributed by atoms with van der Waals surface area (Å²) in [5.74, 6) is -0.563. The number of carbonyl (C=O) groups is 2. The number of amides is 1. The molecule has 0 fully saturated rings. The third-order valence-electron chi connectivity index (χ3n) is 2.77. The van der Waals surface area contributed by atoms with E-state index < -0.39 is 12.0 Å². The minimum Gasteiger partial charge on any atom is -0.467 e. The molecule has 0 spiro atoms. The summed E-state index contributed by atoms with van der Waals surface area (Å²) >= 11 is 0. The van der Waals surface area contributed by atoms with E-state index in [9.17, 15) is 9.59 Å². The maximum atomic E-state index is 12.1. The van der Waals surface area contributed by atoms with Gasteiger partial charge in [0, 0.05) is 5.56 Å². The second-order valence-corrected chi connectivity index (χ2v) is 4.87. The monoisotopic (exact) mass is 274 g/mol. The fourth-order valence-corrected chi connectivity index (χ4v) is 1.77. The fraction of sp³-hybridized carbons (Fsp3) is 0.400. The Bertz CT molecular complexity index is 515. The zero-order chi connectivity index (χ0) is 15.1. The standard InChI is InChI=1S/C15H18N2O3/c1-10(2)8-13(15(19)20-3)17-14(18)12-6-4-11(9-16)5-7-12/h4-7,10,13H,8H2,1-3H3,(H,17,18)/t13-/m1/s1. The van der Waals surface area contributed by atoms with Crippen molar-refractivity contribution in [3.05, 3.63) is 35.4 Å². The number of rotatable bonds is 5. The number of hydrogen-bond acceptors (Lipinski definition) is 4. The van der Waals surface area contributed by atoms with Crippen molar-refractivity contribution >= 4 is 11.9 Å². The molecule has 1 N–H and O–H groups in total. The largest absolute Gasteiger partial charge is 0.467 e. The van der Waals surface area contributed by atoms with Crippen LogP contribution in [0.1, 0.15) is 36.2 Å². The smallest absolute Gasteiger partial charge is 0.328 e. The number of ether oxygens (including phenoxy) is 1. The molecule has 5 nitrogen and oxygen atoms in total. The number of nitrogens with zero attached hydrogens (tertiary/aromatic N) is 1. The number of nitrogens with one attached hydrogen (secondary N) is 1. The molecule has 5 heteroatoms. The second kappa shape index (κ2) is 7.29. The van der Waals surface area contributed by atoms with Crippen LogP contribution in [0.25, 0.3) is 0 Å². The summed E-state index contributed by atoms with van der Waals surface area (Å²) in [5.41, 5.74) is 0.884. The molecule has 0 heterocycles. The van der Waals surface area contributed by atoms with Crippen LogP contribution in [0.4, 0.5) is 0 Å². The Morgan fingerprint density at radius 3 is 2.35 bits per heavy atom. The van der Waals surface area contributed by atoms with E-state index in [1.165, 1.54) is 7.11 Å². The van der Waals surface area contributed by atoms with Gasteiger partial charge >= 0.3 is 5.97 Å². The Balaban J connectivity index is 2.79. The minimum absolute atomic E-state index is 0.250. The summed E-state index contributed by atoms with van der Waals surface area (Å²) in [6, 6.07) is 7.54. The molecular weight excluding hydrogens is 256 g/mol. The van der Waals surface area contributed by atoms with Gasteiger partial charge in [-0.05, 0) is 36.6 Å². The van der Waals surface area contributed by atoms with Crippen molar-refractivity contribution < 1.29 is 14.3 Å². The molecule has 1 amide bonds. The van der Waals surface area contributed by atoms with Crippen molar-refractivity contribution in [3.8, 4) is 6.07 Å². The number of esters is 1. The first-order valence-corrected chi connectivity index (χ1v) is 6.36. The van der Waals surface area contributed by atoms with E-state index in [0.717, 1.165) is 0 Å². The van der Waals surface area contributed by atoms with Crippen molar-refractivity contribution in [2.45, 2.75) is 26.3 Å². The van der Waals surface area contributed by atoms with Gasteiger partial charge in [-0.25, -0.2) is 4.79 Å². The number of nitriles is 1. The van der Waals surface area contributed by atoms with Crippen LogP contribution >= 0.6 is 0 Å². The van der Waals surface area contributed by atoms with Gasteiger partial charge in [0.25, 0.3) is 5.91 Å². The van der Waals surface area contributed by atoms with Gasteiger partial charge in [-0.1, -0.05) is 13.8 Å². The van der Waals surface area contributed by atoms with Crippen LogP contribution in [-0.4, -0.2) is 25.0 Å². The van der Waals surface area contributed by atoms with Crippen LogP contribution in [0.15, 0.2) is 24.3 Å². The van der Waals surface area contributed by atoms with Crippen molar-refractivity contribution in [1.29, 1.82) is 5.26 Å². The van der Waals surface area contributed by atoms with Crippen molar-refractivity contribution in [2.75, 3.05) is 7.11 Å². The Hall–Kier alpha value is -2.35. The third kappa shape index (κ3) is 4.39. The zero-order valence-electron chi connectivity index (χ0n) is 11.8. The predicted molar refractivity (Wildman–Crippen MR) is 73.9 cm³/mol. The first-order valence-electron chi connectivity index (χ1n) is 6.36. The number of carbonyl (C=O) groups excluding carboxylic acids is 2. The molecule has 1 rings (SSSR count). The van der Waals surface area contributed by atoms with Crippen molar-refractivity contribution in [1.82, 2.24) is 5.32 Å². The van der Waals surface area contributed by atoms with E-state index in [1.807, 2.05) is 19.9 Å². The summed E-state index contributed by atoms with van der Waals surface area (Å²) in [6.07, 6.45) is 0.509. The van der Waals surface area contributed by atoms with E-state index in [-0.39, 0.29) is 11.8 Å². The van der Waals surface area contributed by atoms with Crippen LogP contribution in [0.3, 0.4) is 0 Å². The predicted octanol–water partition coefficient (Wildman–Crippen LogP) is 1.88. The summed E-state index contributed by atoms with van der Waals surface area (Å²) in [7, 11) is 1.30. The zero-order valence-corrected chi connectivity index (χ0v) is 11.8. The van der Waals surface area contributed by atoms with Crippen LogP contribution in [0.5, 0.6) is 0 Å². The van der Waals surface area contributed by atoms with Crippen LogP contribution in [0.2, 0.25) is 0 Å². The maximum absolute atomic E-state index is 12.1. The molecule has 0 saturated carbocycles. The molecular formula is C15H18N2O3. The van der Waals surface area contributed by atoms with Crippen molar-refractivity contribution in [3.63, 3.8) is 0 Å². The molecule has 0 aromatic heterocycles. The molecule has 1 aromatic rings. The lowest BCUT2D eigenvalue weighted by Gasteiger charge is -2.18. The minimum atomic E-state index is -0.664. The first-order chi connectivity index (χ1) is 9.47. The highest BCUT2D eigenvalue weighted by Gasteiger charge is 2.23. The lowest BCUT2D eigenvalue weighted by Crippen LogP contribution is -2.42. The average molecular weight is 274 g/mol. The lowest BCUT2D eigenvalue weighted by atomic mass is 10.0. The fourth-order valence-electron chi connectivity index (χ4n) is 1.77. The first kappa shape index (κ1) is 15.7. The molecule has 106 valence electrons. The number of methoxy groups -OCH3 is 1. The highest BCUT2D eigenvalue weighted by atomic mass is 16.5. The molecule has 20 heavy (non-hydrogen) atoms. The second-order valence-electron chi connectivity index (χ2n) is 4.87. The maximum Gasteiger partial charge on any atom is 0.328 e. The van der Waals surface area contributed by atoms with Gasteiger partial charge in [0.05, 0.1) is 18.7 Å². The van der Waals surface area contributed by atoms with Crippen LogP contribution < -0.4 is 5.32 Å². The van der Waals surface area contributed by atoms with E-state index in [1.54, 1.807) is 24.3 Å². The SMILES string of the molecule is COC(=O)[C@@H](CC(C)C)NC(=O)c1ccc(C#N)cc1. The molecule has 1 aromatic carbocycles. The molecule has 1 atom stereocenters. The van der Waals surface area contributed by atoms with Gasteiger partial charge in [0.1, 0.15) is 6.04 Å². The molecule has 0 aliphatic rings. The molecule has 0 aliphatic carbocycles. The normalized spacial score (nSPS) is 11.6. The molecule has 0 radical (unpaired) electrons. The average Bonchev–Trinajstić information content (AvgIpc) is 2.45. The summed E-state index contributed by atoms with van der Waals surface area (Å²) in [6.45, 7) is 3.92. The van der Waals surface area contributed by atoms with Gasteiger partial charge in [0.2, 0.25) is 0 Å². The Morgan fingerprint density at radius 1 is 1.30 bits per heavy atom. The molecule has 0 bridgehead atoms. The number of benzene rings is 1. The Labute approximate surface area is 118 Å². The van der Waals surface area contributed by atoms with Gasteiger partial charge in [-0.2, -0.15) is 5.26 Å². The third-order valence-corrected chi connectivity index (χ3v) is 2.77. The van der Waals surface area contributed by atoms with Gasteiger partial charge in [-0.3, -0.25) is 4.79 Å². The Morgan fingerprint density at radius 2 is 1.90 bits per heavy atom. The summed E-state index contributed by atoms with van der Waals surface area (Å²) in [5, 5.41) is 11.4. The summed E-state index contributed by atoms with van der Waals surface area (Å²) < 4.78 is 4.69. The van der Waals surface area contributed by atoms with E-state index in [0.29, 0.717) is 17.5 Å². The van der Waals surface area contributed by atoms with Crippen molar-refractivity contribution in [2.24, 2.45) is 5.92 Å². The highest BCUT2D eigenvalue weighted by molar-refractivity contribution is 5.96. The Kier molecular flexibility index (Phi) is 5.73. The topological polar surface area (TPSA) is 79.2 Å². The van der Waals surface area contributed by atoms with E-state index in [2.05, 4.69) is 10.1 Å². The summed E-state index contributed by atoms with van der Waals surface area (Å²) in [4.78, 5) is 23.7. The molecule has 0 saturated heterocycles. The van der Waals surface area contributed by atoms with Crippen LogP contribution in [-0.2, 0) is 9.53 Å². The van der Waals surface area contributed by atoms with Gasteiger partial charge in [-0.15, -0.1) is 0 Å². The highest BCUT2D eigenvalue weighted by Crippen LogP contribution is 2.09.